The summed E-state index contributed by atoms with van der Waals surface area (Å²) in [5, 5.41) is 0.126. The van der Waals surface area contributed by atoms with Gasteiger partial charge in [-0.25, -0.2) is 18.1 Å². The van der Waals surface area contributed by atoms with Crippen molar-refractivity contribution in [3.05, 3.63) is 12.0 Å². The number of nitrogens with one attached hydrogen (secondary N) is 2. The van der Waals surface area contributed by atoms with Crippen LogP contribution in [-0.4, -0.2) is 37.6 Å². The van der Waals surface area contributed by atoms with Crippen molar-refractivity contribution in [1.29, 1.82) is 0 Å². The summed E-state index contributed by atoms with van der Waals surface area (Å²) in [6, 6.07) is -0.115. The highest BCUT2D eigenvalue weighted by molar-refractivity contribution is 7.89. The second-order valence-corrected chi connectivity index (χ2v) is 7.19. The van der Waals surface area contributed by atoms with Crippen molar-refractivity contribution in [3.8, 4) is 0 Å². The van der Waals surface area contributed by atoms with E-state index in [1.807, 2.05) is 20.8 Å². The molecule has 1 fully saturated rings. The zero-order valence-electron chi connectivity index (χ0n) is 11.7. The van der Waals surface area contributed by atoms with Crippen LogP contribution in [-0.2, 0) is 21.2 Å². The number of aromatic nitrogens is 2. The summed E-state index contributed by atoms with van der Waals surface area (Å²) in [5.74, 6) is 0.669. The molecule has 1 aromatic heterocycles. The van der Waals surface area contributed by atoms with Crippen molar-refractivity contribution in [1.82, 2.24) is 14.7 Å². The third-order valence-electron chi connectivity index (χ3n) is 3.99. The van der Waals surface area contributed by atoms with Gasteiger partial charge in [-0.15, -0.1) is 0 Å². The average Bonchev–Trinajstić information content (AvgIpc) is 2.83. The molecule has 7 heteroatoms. The summed E-state index contributed by atoms with van der Waals surface area (Å²) in [5.41, 5.74) is -0.199. The monoisotopic (exact) mass is 287 g/mol. The molecular weight excluding hydrogens is 266 g/mol. The zero-order chi connectivity index (χ0) is 14.3. The molecule has 0 spiro atoms. The molecule has 0 saturated heterocycles. The number of aryl methyl sites for hydroxylation is 1. The number of hydrogen-bond acceptors (Lipinski definition) is 4. The van der Waals surface area contributed by atoms with E-state index in [-0.39, 0.29) is 22.6 Å². The Balaban J connectivity index is 2.11. The molecular formula is C12H21N3O3S. The first kappa shape index (κ1) is 14.5. The third-order valence-corrected chi connectivity index (χ3v) is 5.37. The number of sulfonamides is 1. The fraction of sp³-hybridized carbons (Fsp3) is 0.750. The molecule has 2 N–H and O–H groups in total. The Labute approximate surface area is 114 Å². The highest BCUT2D eigenvalue weighted by atomic mass is 32.2. The maximum atomic E-state index is 12.2. The van der Waals surface area contributed by atoms with Gasteiger partial charge in [0.2, 0.25) is 0 Å². The highest BCUT2D eigenvalue weighted by Gasteiger charge is 2.50. The fourth-order valence-corrected chi connectivity index (χ4v) is 3.74. The fourth-order valence-electron chi connectivity index (χ4n) is 2.40. The summed E-state index contributed by atoms with van der Waals surface area (Å²) in [7, 11) is -1.88. The molecule has 0 amide bonds. The van der Waals surface area contributed by atoms with Gasteiger partial charge in [0.05, 0.1) is 12.3 Å². The van der Waals surface area contributed by atoms with Crippen molar-refractivity contribution in [3.63, 3.8) is 0 Å². The van der Waals surface area contributed by atoms with E-state index in [1.54, 1.807) is 7.11 Å². The molecule has 2 unspecified atom stereocenters. The lowest BCUT2D eigenvalue weighted by Crippen LogP contribution is -2.61. The summed E-state index contributed by atoms with van der Waals surface area (Å²) in [4.78, 5) is 6.84. The number of imidazole rings is 1. The van der Waals surface area contributed by atoms with E-state index in [9.17, 15) is 8.42 Å². The molecule has 1 aliphatic rings. The van der Waals surface area contributed by atoms with Gasteiger partial charge in [0.15, 0.2) is 5.03 Å². The van der Waals surface area contributed by atoms with Gasteiger partial charge in [0, 0.05) is 25.0 Å². The number of ether oxygens (including phenoxy) is 1. The van der Waals surface area contributed by atoms with Crippen LogP contribution in [0.3, 0.4) is 0 Å². The Kier molecular flexibility index (Phi) is 3.72. The van der Waals surface area contributed by atoms with Crippen LogP contribution < -0.4 is 4.72 Å². The highest BCUT2D eigenvalue weighted by Crippen LogP contribution is 2.42. The van der Waals surface area contributed by atoms with Crippen molar-refractivity contribution in [2.75, 3.05) is 7.11 Å². The number of H-pyrrole nitrogens is 1. The van der Waals surface area contributed by atoms with Gasteiger partial charge in [-0.2, -0.15) is 0 Å². The molecule has 0 bridgehead atoms. The van der Waals surface area contributed by atoms with E-state index >= 15 is 0 Å². The van der Waals surface area contributed by atoms with Gasteiger partial charge >= 0.3 is 0 Å². The minimum Gasteiger partial charge on any atom is -0.381 e. The maximum absolute atomic E-state index is 12.2. The summed E-state index contributed by atoms with van der Waals surface area (Å²) < 4.78 is 32.5. The molecule has 2 atom stereocenters. The quantitative estimate of drug-likeness (QED) is 0.848. The molecule has 1 saturated carbocycles. The summed E-state index contributed by atoms with van der Waals surface area (Å²) in [6.07, 6.45) is 2.82. The van der Waals surface area contributed by atoms with Gasteiger partial charge < -0.3 is 9.72 Å². The lowest BCUT2D eigenvalue weighted by molar-refractivity contribution is -0.0908. The minimum atomic E-state index is -3.54. The average molecular weight is 287 g/mol. The van der Waals surface area contributed by atoms with Gasteiger partial charge in [-0.1, -0.05) is 20.8 Å². The Morgan fingerprint density at radius 1 is 1.58 bits per heavy atom. The molecule has 2 rings (SSSR count). The van der Waals surface area contributed by atoms with E-state index in [4.69, 9.17) is 4.74 Å². The second kappa shape index (κ2) is 4.88. The van der Waals surface area contributed by atoms with Crippen LogP contribution >= 0.6 is 0 Å². The number of methoxy groups -OCH3 is 1. The van der Waals surface area contributed by atoms with Gasteiger partial charge in [-0.3, -0.25) is 0 Å². The Morgan fingerprint density at radius 3 is 2.74 bits per heavy atom. The lowest BCUT2D eigenvalue weighted by atomic mass is 9.65. The third kappa shape index (κ3) is 2.54. The molecule has 0 radical (unpaired) electrons. The Morgan fingerprint density at radius 2 is 2.26 bits per heavy atom. The standard InChI is InChI=1S/C12H21N3O3S/c1-5-10-13-7-11(14-10)19(16,17)15-8-6-9(18-4)12(8,2)3/h7-9,15H,5-6H2,1-4H3,(H,13,14). The molecule has 0 aromatic carbocycles. The smallest absolute Gasteiger partial charge is 0.257 e. The van der Waals surface area contributed by atoms with Crippen molar-refractivity contribution < 1.29 is 13.2 Å². The predicted molar refractivity (Wildman–Crippen MR) is 71.3 cm³/mol. The number of rotatable bonds is 5. The number of nitrogens with zero attached hydrogens (tertiary/aromatic N) is 1. The van der Waals surface area contributed by atoms with Crippen LogP contribution in [0.2, 0.25) is 0 Å². The molecule has 1 heterocycles. The predicted octanol–water partition coefficient (Wildman–Crippen LogP) is 1.06. The Bertz CT molecular complexity index is 550. The van der Waals surface area contributed by atoms with Crippen LogP contribution in [0, 0.1) is 5.41 Å². The summed E-state index contributed by atoms with van der Waals surface area (Å²) >= 11 is 0. The molecule has 108 valence electrons. The van der Waals surface area contributed by atoms with E-state index < -0.39 is 10.0 Å². The van der Waals surface area contributed by atoms with Crippen LogP contribution in [0.25, 0.3) is 0 Å². The first-order chi connectivity index (χ1) is 8.81. The molecule has 1 aliphatic carbocycles. The van der Waals surface area contributed by atoms with Gasteiger partial charge in [0.1, 0.15) is 5.82 Å². The number of hydrogen-bond donors (Lipinski definition) is 2. The Hall–Kier alpha value is -0.920. The second-order valence-electron chi connectivity index (χ2n) is 5.50. The van der Waals surface area contributed by atoms with Crippen molar-refractivity contribution in [2.24, 2.45) is 5.41 Å². The van der Waals surface area contributed by atoms with Crippen LogP contribution in [0.1, 0.15) is 33.0 Å². The number of aromatic amines is 1. The van der Waals surface area contributed by atoms with E-state index in [0.717, 1.165) is 0 Å². The molecule has 0 aliphatic heterocycles. The maximum Gasteiger partial charge on any atom is 0.257 e. The SMILES string of the molecule is CCc1ncc(S(=O)(=O)NC2CC(OC)C2(C)C)[nH]1. The van der Waals surface area contributed by atoms with E-state index in [0.29, 0.717) is 18.7 Å². The topological polar surface area (TPSA) is 84.1 Å². The molecule has 6 nitrogen and oxygen atoms in total. The first-order valence-corrected chi connectivity index (χ1v) is 7.88. The van der Waals surface area contributed by atoms with Gasteiger partial charge in [-0.05, 0) is 6.42 Å². The van der Waals surface area contributed by atoms with E-state index in [1.165, 1.54) is 6.20 Å². The normalized spacial score (nSPS) is 26.1. The van der Waals surface area contributed by atoms with Crippen molar-refractivity contribution >= 4 is 10.0 Å². The van der Waals surface area contributed by atoms with Gasteiger partial charge in [0.25, 0.3) is 10.0 Å². The summed E-state index contributed by atoms with van der Waals surface area (Å²) in [6.45, 7) is 5.92. The molecule has 19 heavy (non-hydrogen) atoms. The van der Waals surface area contributed by atoms with Crippen molar-refractivity contribution in [2.45, 2.75) is 50.8 Å². The molecule has 1 aromatic rings. The zero-order valence-corrected chi connectivity index (χ0v) is 12.5. The van der Waals surface area contributed by atoms with E-state index in [2.05, 4.69) is 14.7 Å². The minimum absolute atomic E-state index is 0.0909. The lowest BCUT2D eigenvalue weighted by Gasteiger charge is -2.50. The van der Waals surface area contributed by atoms with Crippen LogP contribution in [0.15, 0.2) is 11.2 Å². The first-order valence-electron chi connectivity index (χ1n) is 6.40. The largest absolute Gasteiger partial charge is 0.381 e. The van der Waals surface area contributed by atoms with Crippen LogP contribution in [0.5, 0.6) is 0 Å². The van der Waals surface area contributed by atoms with Crippen LogP contribution in [0.4, 0.5) is 0 Å².